The molecule has 0 aromatic carbocycles. The molecule has 0 saturated carbocycles. The summed E-state index contributed by atoms with van der Waals surface area (Å²) in [5, 5.41) is 6.37. The zero-order chi connectivity index (χ0) is 14.1. The molecule has 2 unspecified atom stereocenters. The fourth-order valence-corrected chi connectivity index (χ4v) is 2.54. The van der Waals surface area contributed by atoms with E-state index in [1.165, 1.54) is 32.4 Å². The maximum absolute atomic E-state index is 11.8. The molecule has 1 fully saturated rings. The highest BCUT2D eigenvalue weighted by molar-refractivity contribution is 5.81. The number of likely N-dealkylation sites (tertiary alicyclic amines) is 1. The lowest BCUT2D eigenvalue weighted by molar-refractivity contribution is -0.122. The van der Waals surface area contributed by atoms with Gasteiger partial charge in [0.1, 0.15) is 0 Å². The van der Waals surface area contributed by atoms with Crippen LogP contribution in [-0.4, -0.2) is 49.6 Å². The fraction of sp³-hybridized carbons (Fsp3) is 0.933. The van der Waals surface area contributed by atoms with Crippen LogP contribution in [0.1, 0.15) is 46.5 Å². The van der Waals surface area contributed by atoms with Crippen molar-refractivity contribution in [3.8, 4) is 0 Å². The smallest absolute Gasteiger partial charge is 0.236 e. The number of hydrogen-bond donors (Lipinski definition) is 2. The average molecular weight is 269 g/mol. The van der Waals surface area contributed by atoms with Gasteiger partial charge in [-0.15, -0.1) is 0 Å². The van der Waals surface area contributed by atoms with Crippen LogP contribution in [0.4, 0.5) is 0 Å². The lowest BCUT2D eigenvalue weighted by Gasteiger charge is -2.17. The van der Waals surface area contributed by atoms with Crippen LogP contribution in [0.15, 0.2) is 0 Å². The topological polar surface area (TPSA) is 44.4 Å². The summed E-state index contributed by atoms with van der Waals surface area (Å²) in [6.45, 7) is 11.6. The van der Waals surface area contributed by atoms with Crippen LogP contribution in [-0.2, 0) is 4.79 Å². The summed E-state index contributed by atoms with van der Waals surface area (Å²) in [6.07, 6.45) is 4.73. The summed E-state index contributed by atoms with van der Waals surface area (Å²) >= 11 is 0. The molecular formula is C15H31N3O. The number of nitrogens with one attached hydrogen (secondary N) is 2. The molecule has 2 N–H and O–H groups in total. The Hall–Kier alpha value is -0.610. The van der Waals surface area contributed by atoms with Crippen molar-refractivity contribution in [1.29, 1.82) is 0 Å². The van der Waals surface area contributed by atoms with Gasteiger partial charge in [0.15, 0.2) is 0 Å². The van der Waals surface area contributed by atoms with Crippen molar-refractivity contribution in [2.24, 2.45) is 5.92 Å². The minimum Gasteiger partial charge on any atom is -0.355 e. The van der Waals surface area contributed by atoms with Gasteiger partial charge in [0.05, 0.1) is 6.04 Å². The van der Waals surface area contributed by atoms with E-state index in [1.54, 1.807) is 0 Å². The van der Waals surface area contributed by atoms with Crippen molar-refractivity contribution in [3.63, 3.8) is 0 Å². The Kier molecular flexibility index (Phi) is 8.07. The number of hydrogen-bond acceptors (Lipinski definition) is 3. The molecule has 0 aromatic rings. The van der Waals surface area contributed by atoms with Gasteiger partial charge in [-0.1, -0.05) is 26.7 Å². The van der Waals surface area contributed by atoms with Gasteiger partial charge in [-0.25, -0.2) is 0 Å². The third kappa shape index (κ3) is 6.39. The summed E-state index contributed by atoms with van der Waals surface area (Å²) in [7, 11) is 0. The number of rotatable bonds is 9. The average Bonchev–Trinajstić information content (AvgIpc) is 2.88. The SMILES string of the molecule is CCCCCNC(=O)C(C)NCC1CCN(CC)C1. The first-order valence-electron chi connectivity index (χ1n) is 7.90. The van der Waals surface area contributed by atoms with Gasteiger partial charge < -0.3 is 15.5 Å². The predicted octanol–water partition coefficient (Wildman–Crippen LogP) is 1.61. The second-order valence-electron chi connectivity index (χ2n) is 5.68. The Labute approximate surface area is 118 Å². The lowest BCUT2D eigenvalue weighted by Crippen LogP contribution is -2.44. The van der Waals surface area contributed by atoms with Crippen molar-refractivity contribution in [2.75, 3.05) is 32.7 Å². The highest BCUT2D eigenvalue weighted by atomic mass is 16.2. The largest absolute Gasteiger partial charge is 0.355 e. The van der Waals surface area contributed by atoms with E-state index in [2.05, 4.69) is 29.4 Å². The van der Waals surface area contributed by atoms with Crippen molar-refractivity contribution in [1.82, 2.24) is 15.5 Å². The lowest BCUT2D eigenvalue weighted by atomic mass is 10.1. The fourth-order valence-electron chi connectivity index (χ4n) is 2.54. The Morgan fingerprint density at radius 2 is 2.16 bits per heavy atom. The van der Waals surface area contributed by atoms with E-state index in [0.717, 1.165) is 26.1 Å². The van der Waals surface area contributed by atoms with Crippen LogP contribution in [0.3, 0.4) is 0 Å². The first kappa shape index (κ1) is 16.4. The molecule has 4 nitrogen and oxygen atoms in total. The standard InChI is InChI=1S/C15H31N3O/c1-4-6-7-9-16-15(19)13(3)17-11-14-8-10-18(5-2)12-14/h13-14,17H,4-12H2,1-3H3,(H,16,19). The highest BCUT2D eigenvalue weighted by Gasteiger charge is 2.22. The number of unbranched alkanes of at least 4 members (excludes halogenated alkanes) is 2. The van der Waals surface area contributed by atoms with Gasteiger partial charge in [-0.05, 0) is 45.3 Å². The van der Waals surface area contributed by atoms with Crippen LogP contribution in [0.2, 0.25) is 0 Å². The molecule has 0 spiro atoms. The quantitative estimate of drug-likeness (QED) is 0.625. The molecule has 1 saturated heterocycles. The summed E-state index contributed by atoms with van der Waals surface area (Å²) in [5.41, 5.74) is 0. The minimum atomic E-state index is -0.0719. The van der Waals surface area contributed by atoms with Crippen molar-refractivity contribution < 1.29 is 4.79 Å². The first-order valence-corrected chi connectivity index (χ1v) is 7.90. The minimum absolute atomic E-state index is 0.0719. The third-order valence-corrected chi connectivity index (χ3v) is 4.00. The molecule has 0 bridgehead atoms. The normalized spacial score (nSPS) is 21.5. The molecule has 19 heavy (non-hydrogen) atoms. The van der Waals surface area contributed by atoms with Crippen LogP contribution >= 0.6 is 0 Å². The maximum atomic E-state index is 11.8. The van der Waals surface area contributed by atoms with E-state index in [1.807, 2.05) is 6.92 Å². The predicted molar refractivity (Wildman–Crippen MR) is 80.2 cm³/mol. The van der Waals surface area contributed by atoms with Gasteiger partial charge in [0.2, 0.25) is 5.91 Å². The summed E-state index contributed by atoms with van der Waals surface area (Å²) in [4.78, 5) is 14.3. The van der Waals surface area contributed by atoms with E-state index in [4.69, 9.17) is 0 Å². The second kappa shape index (κ2) is 9.32. The van der Waals surface area contributed by atoms with Crippen molar-refractivity contribution in [2.45, 2.75) is 52.5 Å². The Bertz CT molecular complexity index is 258. The zero-order valence-corrected chi connectivity index (χ0v) is 12.9. The van der Waals surface area contributed by atoms with Crippen molar-refractivity contribution >= 4 is 5.91 Å². The highest BCUT2D eigenvalue weighted by Crippen LogP contribution is 2.14. The molecule has 1 amide bonds. The number of carbonyl (C=O) groups excluding carboxylic acids is 1. The Morgan fingerprint density at radius 3 is 2.79 bits per heavy atom. The molecule has 112 valence electrons. The number of carbonyl (C=O) groups is 1. The van der Waals surface area contributed by atoms with Gasteiger partial charge in [0, 0.05) is 13.1 Å². The van der Waals surface area contributed by atoms with Crippen LogP contribution in [0.5, 0.6) is 0 Å². The first-order chi connectivity index (χ1) is 9.17. The van der Waals surface area contributed by atoms with E-state index in [0.29, 0.717) is 5.92 Å². The number of nitrogens with zero attached hydrogens (tertiary/aromatic N) is 1. The number of amides is 1. The summed E-state index contributed by atoms with van der Waals surface area (Å²) in [6, 6.07) is -0.0719. The molecule has 0 aromatic heterocycles. The maximum Gasteiger partial charge on any atom is 0.236 e. The molecule has 0 aliphatic carbocycles. The Balaban J connectivity index is 2.09. The van der Waals surface area contributed by atoms with E-state index >= 15 is 0 Å². The molecule has 1 heterocycles. The van der Waals surface area contributed by atoms with E-state index in [-0.39, 0.29) is 11.9 Å². The molecule has 1 aliphatic heterocycles. The summed E-state index contributed by atoms with van der Waals surface area (Å²) < 4.78 is 0. The monoisotopic (exact) mass is 269 g/mol. The molecule has 0 radical (unpaired) electrons. The summed E-state index contributed by atoms with van der Waals surface area (Å²) in [5.74, 6) is 0.844. The van der Waals surface area contributed by atoms with Crippen LogP contribution in [0.25, 0.3) is 0 Å². The zero-order valence-electron chi connectivity index (χ0n) is 12.9. The van der Waals surface area contributed by atoms with Crippen molar-refractivity contribution in [3.05, 3.63) is 0 Å². The molecule has 1 aliphatic rings. The molecule has 2 atom stereocenters. The molecular weight excluding hydrogens is 238 g/mol. The molecule has 4 heteroatoms. The van der Waals surface area contributed by atoms with Gasteiger partial charge in [-0.2, -0.15) is 0 Å². The molecule has 1 rings (SSSR count). The third-order valence-electron chi connectivity index (χ3n) is 4.00. The van der Waals surface area contributed by atoms with E-state index < -0.39 is 0 Å². The van der Waals surface area contributed by atoms with Crippen LogP contribution in [0, 0.1) is 5.92 Å². The van der Waals surface area contributed by atoms with Gasteiger partial charge in [0.25, 0.3) is 0 Å². The van der Waals surface area contributed by atoms with Gasteiger partial charge in [-0.3, -0.25) is 4.79 Å². The Morgan fingerprint density at radius 1 is 1.37 bits per heavy atom. The second-order valence-corrected chi connectivity index (χ2v) is 5.68. The van der Waals surface area contributed by atoms with Crippen LogP contribution < -0.4 is 10.6 Å². The van der Waals surface area contributed by atoms with Gasteiger partial charge >= 0.3 is 0 Å². The van der Waals surface area contributed by atoms with E-state index in [9.17, 15) is 4.79 Å².